The molecule has 0 aromatic heterocycles. The molecular weight excluding hydrogens is 290 g/mol. The second-order valence-electron chi connectivity index (χ2n) is 6.41. The molecule has 5 heteroatoms. The summed E-state index contributed by atoms with van der Waals surface area (Å²) >= 11 is 0. The monoisotopic (exact) mass is 318 g/mol. The maximum Gasteiger partial charge on any atom is 0.279 e. The van der Waals surface area contributed by atoms with Crippen molar-refractivity contribution >= 4 is 17.5 Å². The van der Waals surface area contributed by atoms with Crippen LogP contribution in [-0.2, 0) is 9.59 Å². The van der Waals surface area contributed by atoms with Crippen LogP contribution < -0.4 is 10.2 Å². The number of amides is 2. The fraction of sp³-hybridized carbons (Fsp3) is 0.556. The number of carbonyl (C=O) groups excluding carboxylic acids is 2. The minimum absolute atomic E-state index is 0.0348. The van der Waals surface area contributed by atoms with E-state index >= 15 is 0 Å². The fourth-order valence-electron chi connectivity index (χ4n) is 2.88. The summed E-state index contributed by atoms with van der Waals surface area (Å²) in [6.45, 7) is 9.58. The van der Waals surface area contributed by atoms with Crippen LogP contribution in [0, 0.1) is 0 Å². The third-order valence-electron chi connectivity index (χ3n) is 4.70. The van der Waals surface area contributed by atoms with Crippen molar-refractivity contribution in [2.45, 2.75) is 33.1 Å². The first-order valence-corrected chi connectivity index (χ1v) is 8.48. The Bertz CT molecular complexity index is 534. The molecule has 0 aliphatic carbocycles. The van der Waals surface area contributed by atoms with E-state index in [1.807, 2.05) is 17.0 Å². The van der Waals surface area contributed by atoms with Crippen molar-refractivity contribution in [2.75, 3.05) is 38.0 Å². The van der Waals surface area contributed by atoms with Gasteiger partial charge in [-0.15, -0.1) is 0 Å². The summed E-state index contributed by atoms with van der Waals surface area (Å²) in [5, 5.41) is 2.97. The molecule has 2 N–H and O–H groups in total. The molecular formula is C18H28N3O2+. The quantitative estimate of drug-likeness (QED) is 0.847. The van der Waals surface area contributed by atoms with Gasteiger partial charge in [0.15, 0.2) is 6.54 Å². The molecule has 23 heavy (non-hydrogen) atoms. The third-order valence-corrected chi connectivity index (χ3v) is 4.70. The van der Waals surface area contributed by atoms with Crippen molar-refractivity contribution in [1.82, 2.24) is 4.90 Å². The van der Waals surface area contributed by atoms with Crippen LogP contribution in [0.5, 0.6) is 0 Å². The van der Waals surface area contributed by atoms with Crippen molar-refractivity contribution in [3.05, 3.63) is 29.8 Å². The predicted octanol–water partition coefficient (Wildman–Crippen LogP) is 0.886. The molecule has 1 saturated heterocycles. The Labute approximate surface area is 138 Å². The molecule has 1 atom stereocenters. The van der Waals surface area contributed by atoms with Crippen molar-refractivity contribution < 1.29 is 14.5 Å². The van der Waals surface area contributed by atoms with E-state index in [0.717, 1.165) is 38.3 Å². The highest BCUT2D eigenvalue weighted by Gasteiger charge is 2.23. The summed E-state index contributed by atoms with van der Waals surface area (Å²) in [7, 11) is 0. The van der Waals surface area contributed by atoms with E-state index in [1.54, 1.807) is 6.92 Å². The van der Waals surface area contributed by atoms with Crippen LogP contribution in [0.15, 0.2) is 24.3 Å². The summed E-state index contributed by atoms with van der Waals surface area (Å²) < 4.78 is 0. The van der Waals surface area contributed by atoms with Crippen molar-refractivity contribution in [1.29, 1.82) is 0 Å². The van der Waals surface area contributed by atoms with Crippen LogP contribution in [-0.4, -0.2) is 49.4 Å². The van der Waals surface area contributed by atoms with Gasteiger partial charge in [0.2, 0.25) is 5.91 Å². The van der Waals surface area contributed by atoms with Crippen molar-refractivity contribution in [3.63, 3.8) is 0 Å². The first-order valence-electron chi connectivity index (χ1n) is 8.48. The minimum Gasteiger partial charge on any atom is -0.332 e. The smallest absolute Gasteiger partial charge is 0.279 e. The topological polar surface area (TPSA) is 53.9 Å². The molecule has 0 unspecified atom stereocenters. The summed E-state index contributed by atoms with van der Waals surface area (Å²) in [4.78, 5) is 26.5. The first kappa shape index (κ1) is 17.5. The molecule has 2 rings (SSSR count). The van der Waals surface area contributed by atoms with Crippen molar-refractivity contribution in [3.8, 4) is 0 Å². The predicted molar refractivity (Wildman–Crippen MR) is 91.6 cm³/mol. The molecule has 1 aromatic carbocycles. The van der Waals surface area contributed by atoms with Crippen LogP contribution in [0.25, 0.3) is 0 Å². The zero-order valence-electron chi connectivity index (χ0n) is 14.4. The zero-order chi connectivity index (χ0) is 16.8. The number of quaternary nitrogens is 1. The summed E-state index contributed by atoms with van der Waals surface area (Å²) in [5.74, 6) is 0.698. The number of piperazine rings is 1. The molecule has 0 spiro atoms. The second kappa shape index (κ2) is 8.11. The number of rotatable bonds is 5. The van der Waals surface area contributed by atoms with E-state index in [-0.39, 0.29) is 11.8 Å². The Hall–Kier alpha value is -1.88. The Morgan fingerprint density at radius 3 is 2.35 bits per heavy atom. The number of benzene rings is 1. The minimum atomic E-state index is 0.0348. The van der Waals surface area contributed by atoms with Gasteiger partial charge in [-0.3, -0.25) is 9.59 Å². The van der Waals surface area contributed by atoms with Gasteiger partial charge in [-0.2, -0.15) is 0 Å². The van der Waals surface area contributed by atoms with Gasteiger partial charge < -0.3 is 15.1 Å². The average Bonchev–Trinajstić information content (AvgIpc) is 2.55. The van der Waals surface area contributed by atoms with Gasteiger partial charge in [0, 0.05) is 12.6 Å². The highest BCUT2D eigenvalue weighted by atomic mass is 16.2. The third kappa shape index (κ3) is 5.06. The summed E-state index contributed by atoms with van der Waals surface area (Å²) in [6, 6.07) is 8.12. The maximum absolute atomic E-state index is 12.2. The van der Waals surface area contributed by atoms with Crippen LogP contribution in [0.3, 0.4) is 0 Å². The molecule has 2 amide bonds. The van der Waals surface area contributed by atoms with E-state index in [2.05, 4.69) is 31.3 Å². The second-order valence-corrected chi connectivity index (χ2v) is 6.41. The van der Waals surface area contributed by atoms with E-state index in [0.29, 0.717) is 12.5 Å². The fourth-order valence-corrected chi connectivity index (χ4v) is 2.88. The lowest BCUT2D eigenvalue weighted by atomic mass is 9.99. The first-order chi connectivity index (χ1) is 11.0. The molecule has 1 heterocycles. The van der Waals surface area contributed by atoms with Gasteiger partial charge >= 0.3 is 0 Å². The van der Waals surface area contributed by atoms with E-state index in [1.165, 1.54) is 10.5 Å². The average molecular weight is 318 g/mol. The van der Waals surface area contributed by atoms with Gasteiger partial charge in [0.25, 0.3) is 5.91 Å². The molecule has 126 valence electrons. The molecule has 5 nitrogen and oxygen atoms in total. The standard InChI is InChI=1S/C18H27N3O2/c1-4-14(2)16-5-7-17(8-6-16)19-18(23)13-20-9-11-21(12-10-20)15(3)22/h5-8,14H,4,9-13H2,1-3H3,(H,19,23)/p+1/t14-/m1/s1. The number of carbonyl (C=O) groups is 2. The lowest BCUT2D eigenvalue weighted by Gasteiger charge is -2.31. The Kier molecular flexibility index (Phi) is 6.16. The lowest BCUT2D eigenvalue weighted by Crippen LogP contribution is -3.15. The summed E-state index contributed by atoms with van der Waals surface area (Å²) in [6.07, 6.45) is 1.11. The molecule has 1 aliphatic heterocycles. The van der Waals surface area contributed by atoms with Crippen molar-refractivity contribution in [2.24, 2.45) is 0 Å². The normalized spacial score (nSPS) is 16.9. The molecule has 1 aromatic rings. The number of nitrogens with one attached hydrogen (secondary N) is 2. The number of anilines is 1. The number of hydrogen-bond acceptors (Lipinski definition) is 2. The van der Waals surface area contributed by atoms with Crippen LogP contribution >= 0.6 is 0 Å². The molecule has 1 aliphatic rings. The van der Waals surface area contributed by atoms with Gasteiger partial charge in [-0.25, -0.2) is 0 Å². The van der Waals surface area contributed by atoms with Crippen LogP contribution in [0.2, 0.25) is 0 Å². The van der Waals surface area contributed by atoms with Gasteiger partial charge in [0.1, 0.15) is 0 Å². The molecule has 0 bridgehead atoms. The molecule has 0 saturated carbocycles. The Morgan fingerprint density at radius 2 is 1.83 bits per heavy atom. The van der Waals surface area contributed by atoms with E-state index < -0.39 is 0 Å². The largest absolute Gasteiger partial charge is 0.332 e. The van der Waals surface area contributed by atoms with Gasteiger partial charge in [0.05, 0.1) is 26.2 Å². The van der Waals surface area contributed by atoms with E-state index in [4.69, 9.17) is 0 Å². The Morgan fingerprint density at radius 1 is 1.22 bits per heavy atom. The highest BCUT2D eigenvalue weighted by Crippen LogP contribution is 2.20. The highest BCUT2D eigenvalue weighted by molar-refractivity contribution is 5.91. The molecule has 1 fully saturated rings. The molecule has 0 radical (unpaired) electrons. The van der Waals surface area contributed by atoms with Crippen LogP contribution in [0.1, 0.15) is 38.7 Å². The SMILES string of the molecule is CC[C@@H](C)c1ccc(NC(=O)C[NH+]2CCN(C(C)=O)CC2)cc1. The van der Waals surface area contributed by atoms with Gasteiger partial charge in [-0.1, -0.05) is 26.0 Å². The maximum atomic E-state index is 12.2. The van der Waals surface area contributed by atoms with Crippen LogP contribution in [0.4, 0.5) is 5.69 Å². The number of hydrogen-bond donors (Lipinski definition) is 2. The number of nitrogens with zero attached hydrogens (tertiary/aromatic N) is 1. The summed E-state index contributed by atoms with van der Waals surface area (Å²) in [5.41, 5.74) is 2.15. The van der Waals surface area contributed by atoms with E-state index in [9.17, 15) is 9.59 Å². The zero-order valence-corrected chi connectivity index (χ0v) is 14.4. The Balaban J connectivity index is 1.80. The lowest BCUT2D eigenvalue weighted by molar-refractivity contribution is -0.895. The van der Waals surface area contributed by atoms with Gasteiger partial charge in [-0.05, 0) is 30.0 Å².